The third-order valence-corrected chi connectivity index (χ3v) is 4.67. The molecule has 1 aromatic carbocycles. The molecule has 1 aromatic rings. The fraction of sp³-hybridized carbons (Fsp3) is 0.652. The minimum Gasteiger partial charge on any atom is -0.460 e. The Morgan fingerprint density at radius 1 is 1.17 bits per heavy atom. The van der Waals surface area contributed by atoms with E-state index < -0.39 is 29.8 Å². The molecule has 1 heterocycles. The van der Waals surface area contributed by atoms with Gasteiger partial charge in [0.1, 0.15) is 11.2 Å². The monoisotopic (exact) mass is 407 g/mol. The molecule has 2 atom stereocenters. The van der Waals surface area contributed by atoms with Gasteiger partial charge in [-0.15, -0.1) is 0 Å². The molecule has 0 bridgehead atoms. The Bertz CT molecular complexity index is 792. The van der Waals surface area contributed by atoms with Gasteiger partial charge < -0.3 is 19.5 Å². The summed E-state index contributed by atoms with van der Waals surface area (Å²) in [5.41, 5.74) is -0.385. The number of esters is 1. The van der Waals surface area contributed by atoms with Crippen LogP contribution >= 0.6 is 0 Å². The molecule has 162 valence electrons. The second-order valence-electron chi connectivity index (χ2n) is 9.63. The summed E-state index contributed by atoms with van der Waals surface area (Å²) in [5, 5.41) is 9.69. The summed E-state index contributed by atoms with van der Waals surface area (Å²) in [4.78, 5) is 27.1. The third kappa shape index (κ3) is 7.35. The Morgan fingerprint density at radius 2 is 1.79 bits per heavy atom. The number of carbonyl (C=O) groups excluding carboxylic acids is 2. The molecule has 1 saturated heterocycles. The minimum absolute atomic E-state index is 0.114. The summed E-state index contributed by atoms with van der Waals surface area (Å²) < 4.78 is 26.2. The van der Waals surface area contributed by atoms with Crippen molar-refractivity contribution in [2.75, 3.05) is 13.1 Å². The van der Waals surface area contributed by atoms with Crippen LogP contribution in [0.1, 0.15) is 61.8 Å². The normalized spacial score (nSPS) is 20.0. The van der Waals surface area contributed by atoms with Gasteiger partial charge in [-0.05, 0) is 71.4 Å². The standard InChI is InChI=1S/C23H35NO5/c1-22(2,3)28-20(26)19(13-16-8-7-9-17(12-16)15-25)18-10-11-24(14-18)21(27)29-23(4,5)6/h7-9,12,18-19,25H,10-11,13-15H2,1-6H3/t18-,19-/m0/s1/i15D2. The quantitative estimate of drug-likeness (QED) is 0.748. The van der Waals surface area contributed by atoms with E-state index in [1.54, 1.807) is 23.1 Å². The summed E-state index contributed by atoms with van der Waals surface area (Å²) in [6.45, 7) is 9.30. The van der Waals surface area contributed by atoms with E-state index in [2.05, 4.69) is 0 Å². The summed E-state index contributed by atoms with van der Waals surface area (Å²) in [5.74, 6) is -0.968. The highest BCUT2D eigenvalue weighted by molar-refractivity contribution is 5.74. The first-order valence-corrected chi connectivity index (χ1v) is 10.1. The second-order valence-corrected chi connectivity index (χ2v) is 9.63. The molecular weight excluding hydrogens is 370 g/mol. The lowest BCUT2D eigenvalue weighted by atomic mass is 9.85. The molecule has 29 heavy (non-hydrogen) atoms. The van der Waals surface area contributed by atoms with Crippen LogP contribution in [0.5, 0.6) is 0 Å². The van der Waals surface area contributed by atoms with Crippen molar-refractivity contribution < 1.29 is 26.9 Å². The first kappa shape index (κ1) is 20.2. The smallest absolute Gasteiger partial charge is 0.410 e. The van der Waals surface area contributed by atoms with Crippen LogP contribution in [0, 0.1) is 11.8 Å². The van der Waals surface area contributed by atoms with E-state index in [1.807, 2.05) is 41.5 Å². The van der Waals surface area contributed by atoms with Crippen molar-refractivity contribution in [2.45, 2.75) is 72.1 Å². The fourth-order valence-electron chi connectivity index (χ4n) is 3.45. The largest absolute Gasteiger partial charge is 0.460 e. The van der Waals surface area contributed by atoms with Gasteiger partial charge in [0.15, 0.2) is 0 Å². The third-order valence-electron chi connectivity index (χ3n) is 4.67. The molecule has 0 aromatic heterocycles. The van der Waals surface area contributed by atoms with Gasteiger partial charge in [0.05, 0.1) is 15.2 Å². The molecule has 0 unspecified atom stereocenters. The van der Waals surface area contributed by atoms with Gasteiger partial charge in [-0.1, -0.05) is 24.3 Å². The van der Waals surface area contributed by atoms with Crippen molar-refractivity contribution in [3.8, 4) is 0 Å². The SMILES string of the molecule is [2H]C([2H])(O)c1cccc(C[C@H](C(=O)OC(C)(C)C)[C@H]2CCN(C(=O)OC(C)(C)C)C2)c1. The number of benzene rings is 1. The molecule has 1 amide bonds. The maximum absolute atomic E-state index is 13.1. The van der Waals surface area contributed by atoms with Crippen LogP contribution in [0.4, 0.5) is 4.79 Å². The van der Waals surface area contributed by atoms with Crippen molar-refractivity contribution in [3.63, 3.8) is 0 Å². The maximum Gasteiger partial charge on any atom is 0.410 e. The van der Waals surface area contributed by atoms with E-state index >= 15 is 0 Å². The van der Waals surface area contributed by atoms with E-state index in [0.717, 1.165) is 5.56 Å². The van der Waals surface area contributed by atoms with Crippen LogP contribution in [0.25, 0.3) is 0 Å². The number of hydrogen-bond acceptors (Lipinski definition) is 5. The number of rotatable bonds is 5. The van der Waals surface area contributed by atoms with Gasteiger partial charge in [0.2, 0.25) is 0 Å². The summed E-state index contributed by atoms with van der Waals surface area (Å²) in [6, 6.07) is 6.53. The summed E-state index contributed by atoms with van der Waals surface area (Å²) in [6.07, 6.45) is 0.573. The number of aliphatic hydroxyl groups is 1. The molecule has 6 nitrogen and oxygen atoms in total. The Hall–Kier alpha value is -2.08. The first-order valence-electron chi connectivity index (χ1n) is 11.1. The molecule has 0 radical (unpaired) electrons. The number of amides is 1. The van der Waals surface area contributed by atoms with Gasteiger partial charge in [0, 0.05) is 13.1 Å². The number of hydrogen-bond donors (Lipinski definition) is 1. The average molecular weight is 408 g/mol. The summed E-state index contributed by atoms with van der Waals surface area (Å²) in [7, 11) is 0. The molecule has 6 heteroatoms. The molecule has 1 aliphatic heterocycles. The van der Waals surface area contributed by atoms with Crippen LogP contribution in [0.15, 0.2) is 24.3 Å². The van der Waals surface area contributed by atoms with E-state index in [-0.39, 0.29) is 17.5 Å². The Balaban J connectivity index is 2.22. The van der Waals surface area contributed by atoms with Crippen molar-refractivity contribution in [1.82, 2.24) is 4.90 Å². The predicted molar refractivity (Wildman–Crippen MR) is 111 cm³/mol. The topological polar surface area (TPSA) is 76.1 Å². The average Bonchev–Trinajstić information content (AvgIpc) is 3.06. The molecular formula is C23H35NO5. The Kier molecular flexibility index (Phi) is 6.38. The van der Waals surface area contributed by atoms with Gasteiger partial charge in [-0.2, -0.15) is 0 Å². The van der Waals surface area contributed by atoms with Crippen molar-refractivity contribution >= 4 is 12.1 Å². The van der Waals surface area contributed by atoms with Gasteiger partial charge >= 0.3 is 12.1 Å². The van der Waals surface area contributed by atoms with Gasteiger partial charge in [-0.3, -0.25) is 4.79 Å². The molecule has 1 N–H and O–H groups in total. The van der Waals surface area contributed by atoms with Crippen LogP contribution in [-0.4, -0.2) is 46.4 Å². The molecule has 1 fully saturated rings. The van der Waals surface area contributed by atoms with E-state index in [4.69, 9.17) is 12.2 Å². The van der Waals surface area contributed by atoms with Crippen molar-refractivity contribution in [3.05, 3.63) is 35.4 Å². The Labute approximate surface area is 177 Å². The maximum atomic E-state index is 13.1. The molecule has 0 saturated carbocycles. The van der Waals surface area contributed by atoms with E-state index in [9.17, 15) is 14.7 Å². The van der Waals surface area contributed by atoms with Crippen LogP contribution in [0.3, 0.4) is 0 Å². The molecule has 1 aliphatic rings. The predicted octanol–water partition coefficient (Wildman–Crippen LogP) is 3.94. The highest BCUT2D eigenvalue weighted by atomic mass is 16.6. The molecule has 0 aliphatic carbocycles. The highest BCUT2D eigenvalue weighted by Gasteiger charge is 2.39. The lowest BCUT2D eigenvalue weighted by Crippen LogP contribution is -2.38. The lowest BCUT2D eigenvalue weighted by Gasteiger charge is -2.28. The molecule has 2 rings (SSSR count). The van der Waals surface area contributed by atoms with Crippen LogP contribution < -0.4 is 0 Å². The summed E-state index contributed by atoms with van der Waals surface area (Å²) >= 11 is 0. The van der Waals surface area contributed by atoms with E-state index in [1.165, 1.54) is 6.07 Å². The zero-order valence-electron chi connectivity index (χ0n) is 20.3. The minimum atomic E-state index is -2.46. The second kappa shape index (κ2) is 9.16. The highest BCUT2D eigenvalue weighted by Crippen LogP contribution is 2.30. The first-order chi connectivity index (χ1) is 14.0. The van der Waals surface area contributed by atoms with Crippen LogP contribution in [-0.2, 0) is 27.2 Å². The van der Waals surface area contributed by atoms with Crippen molar-refractivity contribution in [2.24, 2.45) is 11.8 Å². The lowest BCUT2D eigenvalue weighted by molar-refractivity contribution is -0.161. The fourth-order valence-corrected chi connectivity index (χ4v) is 3.45. The molecule has 0 spiro atoms. The van der Waals surface area contributed by atoms with E-state index in [0.29, 0.717) is 25.9 Å². The van der Waals surface area contributed by atoms with Gasteiger partial charge in [0.25, 0.3) is 0 Å². The zero-order valence-corrected chi connectivity index (χ0v) is 18.3. The van der Waals surface area contributed by atoms with Crippen LogP contribution in [0.2, 0.25) is 0 Å². The number of likely N-dealkylation sites (tertiary alicyclic amines) is 1. The number of nitrogens with zero attached hydrogens (tertiary/aromatic N) is 1. The van der Waals surface area contributed by atoms with Gasteiger partial charge in [-0.25, -0.2) is 4.79 Å². The number of ether oxygens (including phenoxy) is 2. The number of carbonyl (C=O) groups is 2. The Morgan fingerprint density at radius 3 is 2.38 bits per heavy atom. The zero-order chi connectivity index (χ0) is 23.6. The van der Waals surface area contributed by atoms with Crippen molar-refractivity contribution in [1.29, 1.82) is 0 Å².